The molecule has 2 heterocycles. The van der Waals surface area contributed by atoms with Crippen molar-refractivity contribution in [1.29, 1.82) is 0 Å². The van der Waals surface area contributed by atoms with Crippen molar-refractivity contribution < 1.29 is 51.3 Å². The molecule has 4 rings (SSSR count). The number of ether oxygens (including phenoxy) is 4. The SMILES string of the molecule is C=CC(=O)OCCCCOc1ccc(C#Cc2ccc(NC(=O)C(=O)Nc3ccc(C#Cc4ccc(OCCCCOC(=O)C=C)s4)cc3C(F)(F)F)c(C)c2)s1. The van der Waals surface area contributed by atoms with Gasteiger partial charge >= 0.3 is 29.9 Å². The summed E-state index contributed by atoms with van der Waals surface area (Å²) in [7, 11) is 0. The van der Waals surface area contributed by atoms with Crippen molar-refractivity contribution in [2.24, 2.45) is 0 Å². The minimum absolute atomic E-state index is 0.0406. The zero-order valence-electron chi connectivity index (χ0n) is 30.7. The van der Waals surface area contributed by atoms with Gasteiger partial charge in [-0.15, -0.1) is 0 Å². The summed E-state index contributed by atoms with van der Waals surface area (Å²) in [6.45, 7) is 9.72. The number of amides is 2. The molecule has 10 nitrogen and oxygen atoms in total. The van der Waals surface area contributed by atoms with Crippen LogP contribution in [-0.4, -0.2) is 50.2 Å². The van der Waals surface area contributed by atoms with E-state index >= 15 is 0 Å². The summed E-state index contributed by atoms with van der Waals surface area (Å²) in [5, 5.41) is 5.76. The summed E-state index contributed by atoms with van der Waals surface area (Å²) < 4.78 is 63.4. The van der Waals surface area contributed by atoms with Crippen molar-refractivity contribution in [3.63, 3.8) is 0 Å². The van der Waals surface area contributed by atoms with Gasteiger partial charge in [0.1, 0.15) is 0 Å². The number of benzene rings is 2. The van der Waals surface area contributed by atoms with Crippen molar-refractivity contribution in [2.75, 3.05) is 37.1 Å². The van der Waals surface area contributed by atoms with E-state index in [0.29, 0.717) is 71.6 Å². The van der Waals surface area contributed by atoms with Gasteiger partial charge in [0, 0.05) is 29.0 Å². The zero-order chi connectivity index (χ0) is 41.2. The van der Waals surface area contributed by atoms with Gasteiger partial charge in [0.2, 0.25) is 0 Å². The van der Waals surface area contributed by atoms with Gasteiger partial charge in [-0.25, -0.2) is 9.59 Å². The van der Waals surface area contributed by atoms with Crippen molar-refractivity contribution in [2.45, 2.75) is 38.8 Å². The maximum atomic E-state index is 14.1. The highest BCUT2D eigenvalue weighted by Gasteiger charge is 2.34. The largest absolute Gasteiger partial charge is 0.484 e. The predicted octanol–water partition coefficient (Wildman–Crippen LogP) is 8.29. The summed E-state index contributed by atoms with van der Waals surface area (Å²) >= 11 is 2.58. The first-order valence-corrected chi connectivity index (χ1v) is 19.0. The lowest BCUT2D eigenvalue weighted by Gasteiger charge is -2.14. The van der Waals surface area contributed by atoms with Crippen LogP contribution in [0.2, 0.25) is 0 Å². The fourth-order valence-electron chi connectivity index (χ4n) is 4.62. The molecule has 0 saturated heterocycles. The molecular weight excluding hydrogens is 782 g/mol. The average molecular weight is 819 g/mol. The molecule has 15 heteroatoms. The molecule has 0 aliphatic heterocycles. The van der Waals surface area contributed by atoms with Crippen molar-refractivity contribution in [3.8, 4) is 33.8 Å². The maximum Gasteiger partial charge on any atom is 0.418 e. The Bertz CT molecular complexity index is 2220. The second-order valence-electron chi connectivity index (χ2n) is 11.8. The standard InChI is InChI=1S/C42H37F3N2O8S2/c1-4-36(48)52-22-6-8-24-54-38-20-16-31(56-38)14-10-29-12-18-34(28(3)26-29)46-40(50)41(51)47-35-19-13-30(27-33(35)42(43,44)45)11-15-32-17-21-39(57-32)55-25-9-7-23-53-37(49)5-2/h4-5,12-13,16-21,26-27H,1-2,6-9,22-25H2,3H3,(H,46,50)(H,47,51). The Hall–Kier alpha value is -6.29. The molecular formula is C42H37F3N2O8S2. The monoisotopic (exact) mass is 818 g/mol. The number of nitrogens with one attached hydrogen (secondary N) is 2. The van der Waals surface area contributed by atoms with E-state index in [4.69, 9.17) is 18.9 Å². The molecule has 0 aliphatic rings. The first-order chi connectivity index (χ1) is 27.3. The first-order valence-electron chi connectivity index (χ1n) is 17.4. The number of thiophene rings is 2. The molecule has 0 unspecified atom stereocenters. The van der Waals surface area contributed by atoms with Crippen LogP contribution in [0.1, 0.15) is 57.7 Å². The minimum Gasteiger partial charge on any atom is -0.484 e. The number of carbonyl (C=O) groups is 4. The lowest BCUT2D eigenvalue weighted by molar-refractivity contribution is -0.138. The lowest BCUT2D eigenvalue weighted by atomic mass is 10.1. The lowest BCUT2D eigenvalue weighted by Crippen LogP contribution is -2.30. The van der Waals surface area contributed by atoms with E-state index in [2.05, 4.69) is 47.5 Å². The Labute approximate surface area is 335 Å². The van der Waals surface area contributed by atoms with Crippen molar-refractivity contribution in [3.05, 3.63) is 118 Å². The second-order valence-corrected chi connectivity index (χ2v) is 13.9. The number of anilines is 2. The van der Waals surface area contributed by atoms with Crippen LogP contribution in [0.25, 0.3) is 0 Å². The Morgan fingerprint density at radius 2 is 1.11 bits per heavy atom. The van der Waals surface area contributed by atoms with Crippen LogP contribution in [0.4, 0.5) is 24.5 Å². The third kappa shape index (κ3) is 14.7. The van der Waals surface area contributed by atoms with Gasteiger partial charge in [-0.3, -0.25) is 9.59 Å². The van der Waals surface area contributed by atoms with E-state index in [1.165, 1.54) is 28.7 Å². The Morgan fingerprint density at radius 3 is 1.58 bits per heavy atom. The molecule has 0 aliphatic carbocycles. The van der Waals surface area contributed by atoms with Gasteiger partial charge in [-0.05, 0) is 98.8 Å². The van der Waals surface area contributed by atoms with E-state index in [1.807, 2.05) is 6.07 Å². The Kier molecular flexibility index (Phi) is 16.5. The highest BCUT2D eigenvalue weighted by atomic mass is 32.1. The summed E-state index contributed by atoms with van der Waals surface area (Å²) in [4.78, 5) is 48.9. The molecule has 2 N–H and O–H groups in total. The highest BCUT2D eigenvalue weighted by molar-refractivity contribution is 7.14. The predicted molar refractivity (Wildman–Crippen MR) is 212 cm³/mol. The molecule has 0 saturated carbocycles. The smallest absolute Gasteiger partial charge is 0.418 e. The number of carbonyl (C=O) groups excluding carboxylic acids is 4. The van der Waals surface area contributed by atoms with E-state index in [-0.39, 0.29) is 17.9 Å². The molecule has 0 atom stereocenters. The summed E-state index contributed by atoms with van der Waals surface area (Å²) in [6, 6.07) is 15.0. The summed E-state index contributed by atoms with van der Waals surface area (Å²) in [5.74, 6) is 8.19. The van der Waals surface area contributed by atoms with Crippen molar-refractivity contribution >= 4 is 57.8 Å². The number of halogens is 3. The number of aryl methyl sites for hydroxylation is 1. The molecule has 2 aromatic carbocycles. The van der Waals surface area contributed by atoms with E-state index in [1.54, 1.807) is 43.3 Å². The summed E-state index contributed by atoms with van der Waals surface area (Å²) in [5.41, 5.74) is -0.250. The maximum absolute atomic E-state index is 14.1. The van der Waals surface area contributed by atoms with Gasteiger partial charge in [-0.2, -0.15) is 13.2 Å². The van der Waals surface area contributed by atoms with Crippen LogP contribution in [-0.2, 0) is 34.8 Å². The van der Waals surface area contributed by atoms with Crippen LogP contribution in [0.15, 0.2) is 86.0 Å². The fraction of sp³-hybridized carbons (Fsp3) is 0.238. The van der Waals surface area contributed by atoms with Crippen LogP contribution < -0.4 is 20.1 Å². The number of rotatable bonds is 16. The average Bonchev–Trinajstić information content (AvgIpc) is 3.85. The van der Waals surface area contributed by atoms with Gasteiger partial charge in [0.15, 0.2) is 10.1 Å². The topological polar surface area (TPSA) is 129 Å². The molecule has 0 bridgehead atoms. The van der Waals surface area contributed by atoms with Crippen molar-refractivity contribution in [1.82, 2.24) is 0 Å². The molecule has 0 spiro atoms. The Morgan fingerprint density at radius 1 is 0.649 bits per heavy atom. The third-order valence-corrected chi connectivity index (χ3v) is 9.29. The second kappa shape index (κ2) is 21.7. The van der Waals surface area contributed by atoms with Crippen LogP contribution in [0.3, 0.4) is 0 Å². The molecule has 296 valence electrons. The summed E-state index contributed by atoms with van der Waals surface area (Å²) in [6.07, 6.45) is -0.0719. The number of hydrogen-bond donors (Lipinski definition) is 2. The number of unbranched alkanes of at least 4 members (excludes halogenated alkanes) is 2. The molecule has 57 heavy (non-hydrogen) atoms. The highest BCUT2D eigenvalue weighted by Crippen LogP contribution is 2.35. The molecule has 0 fully saturated rings. The molecule has 0 radical (unpaired) electrons. The first kappa shape index (κ1) is 43.4. The molecule has 4 aromatic rings. The van der Waals surface area contributed by atoms with Gasteiger partial charge in [0.05, 0.1) is 47.4 Å². The van der Waals surface area contributed by atoms with Crippen LogP contribution in [0.5, 0.6) is 10.1 Å². The third-order valence-electron chi connectivity index (χ3n) is 7.46. The zero-order valence-corrected chi connectivity index (χ0v) is 32.3. The normalized spacial score (nSPS) is 10.5. The number of esters is 2. The number of alkyl halides is 3. The molecule has 2 aromatic heterocycles. The van der Waals surface area contributed by atoms with Gasteiger partial charge in [-0.1, -0.05) is 59.5 Å². The van der Waals surface area contributed by atoms with Gasteiger partial charge in [0.25, 0.3) is 0 Å². The van der Waals surface area contributed by atoms with E-state index < -0.39 is 41.2 Å². The van der Waals surface area contributed by atoms with E-state index in [0.717, 1.165) is 29.2 Å². The Balaban J connectivity index is 1.29. The number of hydrogen-bond acceptors (Lipinski definition) is 10. The minimum atomic E-state index is -4.86. The quantitative estimate of drug-likeness (QED) is 0.0380. The molecule has 2 amide bonds. The van der Waals surface area contributed by atoms with Gasteiger partial charge < -0.3 is 29.6 Å². The van der Waals surface area contributed by atoms with Crippen LogP contribution in [0, 0.1) is 30.6 Å². The van der Waals surface area contributed by atoms with E-state index in [9.17, 15) is 32.3 Å². The van der Waals surface area contributed by atoms with Crippen LogP contribution >= 0.6 is 22.7 Å². The fourth-order valence-corrected chi connectivity index (χ4v) is 6.09.